The molecule has 0 spiro atoms. The van der Waals surface area contributed by atoms with Gasteiger partial charge in [0.1, 0.15) is 0 Å². The van der Waals surface area contributed by atoms with E-state index in [-0.39, 0.29) is 5.91 Å². The maximum atomic E-state index is 11.4. The van der Waals surface area contributed by atoms with Gasteiger partial charge in [-0.3, -0.25) is 14.7 Å². The van der Waals surface area contributed by atoms with Crippen LogP contribution in [0.5, 0.6) is 0 Å². The average molecular weight is 262 g/mol. The number of amidine groups is 1. The minimum atomic E-state index is 0.0831. The highest BCUT2D eigenvalue weighted by molar-refractivity contribution is 8.13. The van der Waals surface area contributed by atoms with Crippen molar-refractivity contribution in [2.75, 3.05) is 13.1 Å². The Morgan fingerprint density at radius 3 is 2.94 bits per heavy atom. The SMILES string of the molecule is CC(=O)N1CCN=C1SCc1cc(C)ccc1C. The number of hydrogen-bond acceptors (Lipinski definition) is 3. The molecule has 1 amide bonds. The van der Waals surface area contributed by atoms with Crippen molar-refractivity contribution in [3.63, 3.8) is 0 Å². The maximum Gasteiger partial charge on any atom is 0.225 e. The highest BCUT2D eigenvalue weighted by Crippen LogP contribution is 2.22. The molecule has 0 fully saturated rings. The number of carbonyl (C=O) groups is 1. The molecule has 1 aromatic rings. The summed E-state index contributed by atoms with van der Waals surface area (Å²) in [6, 6.07) is 6.47. The predicted octanol–water partition coefficient (Wildman–Crippen LogP) is 2.75. The number of thioether (sulfide) groups is 1. The summed E-state index contributed by atoms with van der Waals surface area (Å²) in [5, 5.41) is 0.864. The van der Waals surface area contributed by atoms with E-state index in [1.165, 1.54) is 16.7 Å². The van der Waals surface area contributed by atoms with Gasteiger partial charge in [0.05, 0.1) is 6.54 Å². The van der Waals surface area contributed by atoms with Crippen molar-refractivity contribution in [1.82, 2.24) is 4.90 Å². The van der Waals surface area contributed by atoms with Crippen molar-refractivity contribution in [2.45, 2.75) is 26.5 Å². The van der Waals surface area contributed by atoms with E-state index >= 15 is 0 Å². The van der Waals surface area contributed by atoms with Crippen LogP contribution >= 0.6 is 11.8 Å². The van der Waals surface area contributed by atoms with Gasteiger partial charge in [0.2, 0.25) is 5.91 Å². The average Bonchev–Trinajstić information content (AvgIpc) is 2.79. The number of aryl methyl sites for hydroxylation is 2. The first-order valence-electron chi connectivity index (χ1n) is 6.09. The molecule has 0 bridgehead atoms. The normalized spacial score (nSPS) is 14.8. The molecule has 96 valence electrons. The van der Waals surface area contributed by atoms with Crippen molar-refractivity contribution >= 4 is 22.8 Å². The molecular formula is C14H18N2OS. The van der Waals surface area contributed by atoms with Crippen LogP contribution in [0, 0.1) is 13.8 Å². The fourth-order valence-electron chi connectivity index (χ4n) is 1.94. The van der Waals surface area contributed by atoms with E-state index in [4.69, 9.17) is 0 Å². The lowest BCUT2D eigenvalue weighted by Gasteiger charge is -2.15. The smallest absolute Gasteiger partial charge is 0.225 e. The van der Waals surface area contributed by atoms with Gasteiger partial charge in [0.15, 0.2) is 5.17 Å². The Labute approximate surface area is 112 Å². The zero-order chi connectivity index (χ0) is 13.1. The maximum absolute atomic E-state index is 11.4. The fourth-order valence-corrected chi connectivity index (χ4v) is 3.09. The van der Waals surface area contributed by atoms with Crippen LogP contribution in [0.15, 0.2) is 23.2 Å². The largest absolute Gasteiger partial charge is 0.290 e. The lowest BCUT2D eigenvalue weighted by Crippen LogP contribution is -2.30. The lowest BCUT2D eigenvalue weighted by molar-refractivity contribution is -0.124. The third-order valence-electron chi connectivity index (χ3n) is 3.04. The highest BCUT2D eigenvalue weighted by Gasteiger charge is 2.20. The quantitative estimate of drug-likeness (QED) is 0.821. The van der Waals surface area contributed by atoms with E-state index in [9.17, 15) is 4.79 Å². The van der Waals surface area contributed by atoms with E-state index in [1.807, 2.05) is 0 Å². The minimum Gasteiger partial charge on any atom is -0.290 e. The van der Waals surface area contributed by atoms with Gasteiger partial charge in [-0.15, -0.1) is 0 Å². The molecule has 1 heterocycles. The highest BCUT2D eigenvalue weighted by atomic mass is 32.2. The topological polar surface area (TPSA) is 32.7 Å². The van der Waals surface area contributed by atoms with Crippen LogP contribution in [0.4, 0.5) is 0 Å². The van der Waals surface area contributed by atoms with E-state index in [0.717, 1.165) is 24.0 Å². The van der Waals surface area contributed by atoms with Crippen LogP contribution in [0.25, 0.3) is 0 Å². The second kappa shape index (κ2) is 5.57. The first-order chi connectivity index (χ1) is 8.58. The standard InChI is InChI=1S/C14H18N2OS/c1-10-4-5-11(2)13(8-10)9-18-14-15-6-7-16(14)12(3)17/h4-5,8H,6-7,9H2,1-3H3. The molecule has 1 aliphatic rings. The molecule has 0 saturated heterocycles. The van der Waals surface area contributed by atoms with Crippen LogP contribution < -0.4 is 0 Å². The van der Waals surface area contributed by atoms with Crippen LogP contribution in [-0.2, 0) is 10.5 Å². The van der Waals surface area contributed by atoms with E-state index < -0.39 is 0 Å². The number of amides is 1. The summed E-state index contributed by atoms with van der Waals surface area (Å²) in [5.41, 5.74) is 3.88. The third-order valence-corrected chi connectivity index (χ3v) is 4.11. The number of nitrogens with zero attached hydrogens (tertiary/aromatic N) is 2. The van der Waals surface area contributed by atoms with Gasteiger partial charge in [-0.2, -0.15) is 0 Å². The molecular weight excluding hydrogens is 244 g/mol. The number of aliphatic imine (C=N–C) groups is 1. The molecule has 1 aliphatic heterocycles. The van der Waals surface area contributed by atoms with Gasteiger partial charge in [0, 0.05) is 19.2 Å². The van der Waals surface area contributed by atoms with Crippen molar-refractivity contribution in [3.8, 4) is 0 Å². The lowest BCUT2D eigenvalue weighted by atomic mass is 10.1. The van der Waals surface area contributed by atoms with Crippen molar-refractivity contribution < 1.29 is 4.79 Å². The third kappa shape index (κ3) is 2.93. The Bertz CT molecular complexity index is 497. The fraction of sp³-hybridized carbons (Fsp3) is 0.429. The van der Waals surface area contributed by atoms with Crippen LogP contribution in [0.3, 0.4) is 0 Å². The Kier molecular flexibility index (Phi) is 4.07. The molecule has 3 nitrogen and oxygen atoms in total. The van der Waals surface area contributed by atoms with E-state index in [1.54, 1.807) is 23.6 Å². The number of benzene rings is 1. The van der Waals surface area contributed by atoms with Crippen molar-refractivity contribution in [1.29, 1.82) is 0 Å². The molecule has 0 saturated carbocycles. The summed E-state index contributed by atoms with van der Waals surface area (Å²) < 4.78 is 0. The second-order valence-electron chi connectivity index (χ2n) is 4.55. The molecule has 0 aliphatic carbocycles. The first-order valence-corrected chi connectivity index (χ1v) is 7.08. The molecule has 18 heavy (non-hydrogen) atoms. The Hall–Kier alpha value is -1.29. The molecule has 0 aromatic heterocycles. The van der Waals surface area contributed by atoms with Gasteiger partial charge < -0.3 is 0 Å². The van der Waals surface area contributed by atoms with Crippen LogP contribution in [0.1, 0.15) is 23.6 Å². The van der Waals surface area contributed by atoms with Crippen molar-refractivity contribution in [2.24, 2.45) is 4.99 Å². The monoisotopic (exact) mass is 262 g/mol. The zero-order valence-electron chi connectivity index (χ0n) is 11.1. The van der Waals surface area contributed by atoms with Gasteiger partial charge in [0.25, 0.3) is 0 Å². The van der Waals surface area contributed by atoms with Crippen molar-refractivity contribution in [3.05, 3.63) is 34.9 Å². The van der Waals surface area contributed by atoms with E-state index in [0.29, 0.717) is 0 Å². The number of carbonyl (C=O) groups excluding carboxylic acids is 1. The molecule has 0 atom stereocenters. The molecule has 0 N–H and O–H groups in total. The number of hydrogen-bond donors (Lipinski definition) is 0. The number of rotatable bonds is 2. The van der Waals surface area contributed by atoms with Gasteiger partial charge >= 0.3 is 0 Å². The zero-order valence-corrected chi connectivity index (χ0v) is 11.9. The summed E-state index contributed by atoms with van der Waals surface area (Å²) in [5.74, 6) is 0.954. The molecule has 0 unspecified atom stereocenters. The molecule has 0 radical (unpaired) electrons. The first kappa shape index (κ1) is 13.1. The molecule has 2 rings (SSSR count). The predicted molar refractivity (Wildman–Crippen MR) is 76.9 cm³/mol. The van der Waals surface area contributed by atoms with E-state index in [2.05, 4.69) is 37.0 Å². The van der Waals surface area contributed by atoms with Gasteiger partial charge in [-0.05, 0) is 25.0 Å². The second-order valence-corrected chi connectivity index (χ2v) is 5.50. The molecule has 4 heteroatoms. The van der Waals surface area contributed by atoms with Gasteiger partial charge in [-0.25, -0.2) is 0 Å². The summed E-state index contributed by atoms with van der Waals surface area (Å²) in [4.78, 5) is 17.6. The summed E-state index contributed by atoms with van der Waals surface area (Å²) in [7, 11) is 0. The Balaban J connectivity index is 2.03. The minimum absolute atomic E-state index is 0.0831. The summed E-state index contributed by atoms with van der Waals surface area (Å²) >= 11 is 1.65. The summed E-state index contributed by atoms with van der Waals surface area (Å²) in [6.45, 7) is 7.27. The van der Waals surface area contributed by atoms with Crippen LogP contribution in [-0.4, -0.2) is 29.1 Å². The Morgan fingerprint density at radius 2 is 2.22 bits per heavy atom. The summed E-state index contributed by atoms with van der Waals surface area (Å²) in [6.07, 6.45) is 0. The Morgan fingerprint density at radius 1 is 1.44 bits per heavy atom. The van der Waals surface area contributed by atoms with Gasteiger partial charge in [-0.1, -0.05) is 35.5 Å². The molecule has 1 aromatic carbocycles. The van der Waals surface area contributed by atoms with Crippen LogP contribution in [0.2, 0.25) is 0 Å².